The summed E-state index contributed by atoms with van der Waals surface area (Å²) in [5, 5.41) is 0. The highest BCUT2D eigenvalue weighted by Crippen LogP contribution is 2.23. The second-order valence-corrected chi connectivity index (χ2v) is 4.54. The fourth-order valence-electron chi connectivity index (χ4n) is 1.51. The maximum atomic E-state index is 13.3. The van der Waals surface area contributed by atoms with Crippen molar-refractivity contribution in [3.05, 3.63) is 40.2 Å². The van der Waals surface area contributed by atoms with Gasteiger partial charge >= 0.3 is 0 Å². The van der Waals surface area contributed by atoms with Gasteiger partial charge in [0.1, 0.15) is 11.6 Å². The van der Waals surface area contributed by atoms with Crippen LogP contribution in [-0.4, -0.2) is 9.97 Å². The third kappa shape index (κ3) is 2.79. The van der Waals surface area contributed by atoms with E-state index in [0.29, 0.717) is 21.7 Å². The number of nitrogens with two attached hydrogens (primary N) is 1. The van der Waals surface area contributed by atoms with E-state index in [-0.39, 0.29) is 5.82 Å². The highest BCUT2D eigenvalue weighted by Gasteiger charge is 2.07. The van der Waals surface area contributed by atoms with Gasteiger partial charge < -0.3 is 5.73 Å². The van der Waals surface area contributed by atoms with Crippen LogP contribution in [0.15, 0.2) is 28.7 Å². The Hall–Kier alpha value is -1.49. The quantitative estimate of drug-likeness (QED) is 0.926. The van der Waals surface area contributed by atoms with Crippen LogP contribution in [0.3, 0.4) is 0 Å². The molecule has 0 fully saturated rings. The smallest absolute Gasteiger partial charge is 0.161 e. The van der Waals surface area contributed by atoms with Gasteiger partial charge in [0, 0.05) is 21.8 Å². The molecular weight excluding hydrogens is 285 g/mol. The summed E-state index contributed by atoms with van der Waals surface area (Å²) >= 11 is 3.24. The molecule has 1 aromatic carbocycles. The molecular formula is C12H11BrFN3. The van der Waals surface area contributed by atoms with Gasteiger partial charge in [-0.15, -0.1) is 0 Å². The van der Waals surface area contributed by atoms with E-state index in [1.807, 2.05) is 6.92 Å². The average molecular weight is 296 g/mol. The zero-order chi connectivity index (χ0) is 12.4. The van der Waals surface area contributed by atoms with Crippen molar-refractivity contribution >= 4 is 21.7 Å². The summed E-state index contributed by atoms with van der Waals surface area (Å²) < 4.78 is 13.9. The van der Waals surface area contributed by atoms with E-state index in [0.717, 1.165) is 12.1 Å². The molecule has 1 heterocycles. The Bertz CT molecular complexity index is 537. The predicted octanol–water partition coefficient (Wildman–Crippen LogP) is 3.19. The van der Waals surface area contributed by atoms with E-state index < -0.39 is 0 Å². The second kappa shape index (κ2) is 4.79. The van der Waals surface area contributed by atoms with Crippen molar-refractivity contribution in [3.63, 3.8) is 0 Å². The monoisotopic (exact) mass is 295 g/mol. The SMILES string of the molecule is CCc1cc(N)nc(-c2cc(F)cc(Br)c2)n1. The molecule has 0 aliphatic carbocycles. The highest BCUT2D eigenvalue weighted by molar-refractivity contribution is 9.10. The number of benzene rings is 1. The third-order valence-electron chi connectivity index (χ3n) is 2.28. The number of halogens is 2. The van der Waals surface area contributed by atoms with Crippen LogP contribution >= 0.6 is 15.9 Å². The first-order chi connectivity index (χ1) is 8.08. The number of hydrogen-bond acceptors (Lipinski definition) is 3. The molecule has 0 saturated carbocycles. The Kier molecular flexibility index (Phi) is 3.38. The number of nitrogens with zero attached hydrogens (tertiary/aromatic N) is 2. The molecule has 2 N–H and O–H groups in total. The lowest BCUT2D eigenvalue weighted by molar-refractivity contribution is 0.627. The van der Waals surface area contributed by atoms with Crippen molar-refractivity contribution in [1.29, 1.82) is 0 Å². The Labute approximate surface area is 107 Å². The molecule has 5 heteroatoms. The van der Waals surface area contributed by atoms with E-state index in [2.05, 4.69) is 25.9 Å². The summed E-state index contributed by atoms with van der Waals surface area (Å²) in [5.41, 5.74) is 7.14. The predicted molar refractivity (Wildman–Crippen MR) is 68.9 cm³/mol. The second-order valence-electron chi connectivity index (χ2n) is 3.62. The van der Waals surface area contributed by atoms with Crippen LogP contribution in [0.4, 0.5) is 10.2 Å². The largest absolute Gasteiger partial charge is 0.384 e. The molecule has 0 atom stereocenters. The molecule has 0 saturated heterocycles. The van der Waals surface area contributed by atoms with Gasteiger partial charge in [-0.25, -0.2) is 14.4 Å². The first-order valence-corrected chi connectivity index (χ1v) is 5.97. The van der Waals surface area contributed by atoms with Gasteiger partial charge in [-0.05, 0) is 24.6 Å². The molecule has 2 rings (SSSR count). The molecule has 0 spiro atoms. The van der Waals surface area contributed by atoms with Crippen LogP contribution in [0.2, 0.25) is 0 Å². The maximum Gasteiger partial charge on any atom is 0.161 e. The van der Waals surface area contributed by atoms with E-state index in [4.69, 9.17) is 5.73 Å². The molecule has 0 aliphatic heterocycles. The summed E-state index contributed by atoms with van der Waals surface area (Å²) in [7, 11) is 0. The zero-order valence-electron chi connectivity index (χ0n) is 9.24. The minimum atomic E-state index is -0.335. The van der Waals surface area contributed by atoms with Crippen LogP contribution < -0.4 is 5.73 Å². The lowest BCUT2D eigenvalue weighted by Crippen LogP contribution is -1.99. The fourth-order valence-corrected chi connectivity index (χ4v) is 1.98. The molecule has 0 amide bonds. The van der Waals surface area contributed by atoms with Crippen molar-refractivity contribution in [2.24, 2.45) is 0 Å². The van der Waals surface area contributed by atoms with Crippen molar-refractivity contribution in [1.82, 2.24) is 9.97 Å². The van der Waals surface area contributed by atoms with E-state index in [1.165, 1.54) is 12.1 Å². The number of anilines is 1. The van der Waals surface area contributed by atoms with Gasteiger partial charge in [-0.1, -0.05) is 22.9 Å². The topological polar surface area (TPSA) is 51.8 Å². The van der Waals surface area contributed by atoms with Gasteiger partial charge in [0.05, 0.1) is 0 Å². The number of aromatic nitrogens is 2. The van der Waals surface area contributed by atoms with Crippen LogP contribution in [-0.2, 0) is 6.42 Å². The van der Waals surface area contributed by atoms with Crippen molar-refractivity contribution in [2.45, 2.75) is 13.3 Å². The van der Waals surface area contributed by atoms with Crippen LogP contribution in [0, 0.1) is 5.82 Å². The van der Waals surface area contributed by atoms with E-state index in [9.17, 15) is 4.39 Å². The molecule has 2 aromatic rings. The first kappa shape index (κ1) is 12.0. The Morgan fingerprint density at radius 2 is 2.00 bits per heavy atom. The summed E-state index contributed by atoms with van der Waals surface area (Å²) in [4.78, 5) is 8.44. The van der Waals surface area contributed by atoms with Gasteiger partial charge in [0.15, 0.2) is 5.82 Å². The number of aryl methyl sites for hydroxylation is 1. The van der Waals surface area contributed by atoms with Crippen LogP contribution in [0.1, 0.15) is 12.6 Å². The van der Waals surface area contributed by atoms with Gasteiger partial charge in [-0.3, -0.25) is 0 Å². The van der Waals surface area contributed by atoms with Crippen LogP contribution in [0.25, 0.3) is 11.4 Å². The van der Waals surface area contributed by atoms with Gasteiger partial charge in [0.25, 0.3) is 0 Å². The highest BCUT2D eigenvalue weighted by atomic mass is 79.9. The van der Waals surface area contributed by atoms with Crippen molar-refractivity contribution < 1.29 is 4.39 Å². The standard InChI is InChI=1S/C12H11BrFN3/c1-2-10-6-11(15)17-12(16-10)7-3-8(13)5-9(14)4-7/h3-6H,2H2,1H3,(H2,15,16,17). The lowest BCUT2D eigenvalue weighted by Gasteiger charge is -2.05. The normalized spacial score (nSPS) is 10.5. The Morgan fingerprint density at radius 3 is 2.65 bits per heavy atom. The van der Waals surface area contributed by atoms with Crippen molar-refractivity contribution in [3.8, 4) is 11.4 Å². The maximum absolute atomic E-state index is 13.3. The number of hydrogen-bond donors (Lipinski definition) is 1. The van der Waals surface area contributed by atoms with E-state index >= 15 is 0 Å². The van der Waals surface area contributed by atoms with Gasteiger partial charge in [0.2, 0.25) is 0 Å². The number of rotatable bonds is 2. The van der Waals surface area contributed by atoms with E-state index in [1.54, 1.807) is 12.1 Å². The summed E-state index contributed by atoms with van der Waals surface area (Å²) in [6.07, 6.45) is 0.760. The molecule has 3 nitrogen and oxygen atoms in total. The first-order valence-electron chi connectivity index (χ1n) is 5.18. The third-order valence-corrected chi connectivity index (χ3v) is 2.74. The fraction of sp³-hybridized carbons (Fsp3) is 0.167. The minimum Gasteiger partial charge on any atom is -0.384 e. The molecule has 17 heavy (non-hydrogen) atoms. The summed E-state index contributed by atoms with van der Waals surface area (Å²) in [6.45, 7) is 1.98. The molecule has 88 valence electrons. The molecule has 0 bridgehead atoms. The molecule has 0 aliphatic rings. The van der Waals surface area contributed by atoms with Crippen LogP contribution in [0.5, 0.6) is 0 Å². The number of nitrogen functional groups attached to an aromatic ring is 1. The minimum absolute atomic E-state index is 0.335. The van der Waals surface area contributed by atoms with Crippen molar-refractivity contribution in [2.75, 3.05) is 5.73 Å². The molecule has 0 unspecified atom stereocenters. The lowest BCUT2D eigenvalue weighted by atomic mass is 10.2. The summed E-state index contributed by atoms with van der Waals surface area (Å²) in [5.74, 6) is 0.507. The molecule has 1 aromatic heterocycles. The molecule has 0 radical (unpaired) electrons. The summed E-state index contributed by atoms with van der Waals surface area (Å²) in [6, 6.07) is 6.25. The van der Waals surface area contributed by atoms with Gasteiger partial charge in [-0.2, -0.15) is 0 Å². The average Bonchev–Trinajstić information content (AvgIpc) is 2.26. The zero-order valence-corrected chi connectivity index (χ0v) is 10.8. The Morgan fingerprint density at radius 1 is 1.24 bits per heavy atom. The Balaban J connectivity index is 2.55.